The van der Waals surface area contributed by atoms with Gasteiger partial charge < -0.3 is 10.1 Å². The summed E-state index contributed by atoms with van der Waals surface area (Å²) in [5, 5.41) is 11.3. The molecule has 0 radical (unpaired) electrons. The molecule has 2 heterocycles. The number of nitro groups is 1. The Balaban J connectivity index is 2.06. The van der Waals surface area contributed by atoms with Crippen LogP contribution in [0.5, 0.6) is 0 Å². The highest BCUT2D eigenvalue weighted by atomic mass is 32.2. The van der Waals surface area contributed by atoms with Gasteiger partial charge in [-0.05, 0) is 17.4 Å². The zero-order chi connectivity index (χ0) is 13.1. The molecule has 0 bridgehead atoms. The fraction of sp³-hybridized carbons (Fsp3) is 0.300. The molecule has 2 aromatic rings. The number of imidazole rings is 1. The predicted octanol–water partition coefficient (Wildman–Crippen LogP) is 1.72. The van der Waals surface area contributed by atoms with E-state index in [1.165, 1.54) is 22.5 Å². The molecule has 8 heteroatoms. The van der Waals surface area contributed by atoms with Gasteiger partial charge in [-0.3, -0.25) is 0 Å². The third-order valence-corrected chi connectivity index (χ3v) is 3.21. The fourth-order valence-corrected chi connectivity index (χ4v) is 2.11. The molecular weight excluding hydrogens is 254 g/mol. The summed E-state index contributed by atoms with van der Waals surface area (Å²) >= 11 is 1.39. The quantitative estimate of drug-likeness (QED) is 0.362. The number of aromatic nitrogens is 4. The third-order valence-electron chi connectivity index (χ3n) is 2.33. The number of nitrogens with zero attached hydrogens (tertiary/aromatic N) is 5. The summed E-state index contributed by atoms with van der Waals surface area (Å²) in [6.07, 6.45) is 4.72. The van der Waals surface area contributed by atoms with Gasteiger partial charge >= 0.3 is 5.82 Å². The normalized spacial score (nSPS) is 10.6. The Labute approximate surface area is 107 Å². The van der Waals surface area contributed by atoms with E-state index in [1.54, 1.807) is 19.4 Å². The first-order valence-corrected chi connectivity index (χ1v) is 6.13. The zero-order valence-electron chi connectivity index (χ0n) is 9.90. The second-order valence-electron chi connectivity index (χ2n) is 3.68. The summed E-state index contributed by atoms with van der Waals surface area (Å²) in [5.41, 5.74) is 0.993. The third kappa shape index (κ3) is 2.65. The Morgan fingerprint density at radius 3 is 2.56 bits per heavy atom. The Morgan fingerprint density at radius 1 is 1.33 bits per heavy atom. The van der Waals surface area contributed by atoms with E-state index in [0.717, 1.165) is 5.56 Å². The van der Waals surface area contributed by atoms with Crippen LogP contribution in [0.4, 0.5) is 5.82 Å². The molecule has 0 spiro atoms. The summed E-state index contributed by atoms with van der Waals surface area (Å²) in [6, 6.07) is 0. The first-order chi connectivity index (χ1) is 8.58. The summed E-state index contributed by atoms with van der Waals surface area (Å²) in [4.78, 5) is 22.5. The largest absolute Gasteiger partial charge is 0.358 e. The van der Waals surface area contributed by atoms with Crippen molar-refractivity contribution >= 4 is 17.6 Å². The van der Waals surface area contributed by atoms with Gasteiger partial charge in [0.25, 0.3) is 0 Å². The Kier molecular flexibility index (Phi) is 3.56. The lowest BCUT2D eigenvalue weighted by molar-refractivity contribution is -0.391. The van der Waals surface area contributed by atoms with Crippen molar-refractivity contribution in [1.29, 1.82) is 0 Å². The van der Waals surface area contributed by atoms with Crippen LogP contribution < -0.4 is 0 Å². The van der Waals surface area contributed by atoms with Crippen molar-refractivity contribution in [3.63, 3.8) is 0 Å². The van der Waals surface area contributed by atoms with E-state index in [4.69, 9.17) is 0 Å². The Morgan fingerprint density at radius 2 is 2.00 bits per heavy atom. The molecule has 0 unspecified atom stereocenters. The van der Waals surface area contributed by atoms with E-state index < -0.39 is 4.92 Å². The van der Waals surface area contributed by atoms with Gasteiger partial charge in [0, 0.05) is 12.4 Å². The SMILES string of the molecule is Cc1cnc(SCc2ncc([N+](=O)[O-])n2C)nc1. The number of hydrogen-bond acceptors (Lipinski definition) is 6. The maximum Gasteiger partial charge on any atom is 0.342 e. The number of thioether (sulfide) groups is 1. The summed E-state index contributed by atoms with van der Waals surface area (Å²) in [5.74, 6) is 1.10. The maximum absolute atomic E-state index is 10.7. The molecule has 0 aliphatic carbocycles. The van der Waals surface area contributed by atoms with Gasteiger partial charge in [0.05, 0.1) is 12.8 Å². The molecule has 0 saturated heterocycles. The molecule has 2 aromatic heterocycles. The topological polar surface area (TPSA) is 86.7 Å². The van der Waals surface area contributed by atoms with Crippen LogP contribution in [-0.4, -0.2) is 24.4 Å². The molecule has 0 aliphatic heterocycles. The lowest BCUT2D eigenvalue weighted by atomic mass is 10.4. The second kappa shape index (κ2) is 5.13. The number of hydrogen-bond donors (Lipinski definition) is 0. The van der Waals surface area contributed by atoms with Crippen LogP contribution in [0.3, 0.4) is 0 Å². The molecule has 2 rings (SSSR count). The molecular formula is C10H11N5O2S. The van der Waals surface area contributed by atoms with Gasteiger partial charge in [0.15, 0.2) is 5.16 Å². The van der Waals surface area contributed by atoms with Crippen molar-refractivity contribution in [2.24, 2.45) is 7.05 Å². The highest BCUT2D eigenvalue weighted by Gasteiger charge is 2.16. The lowest BCUT2D eigenvalue weighted by Crippen LogP contribution is -2.01. The standard InChI is InChI=1S/C10H11N5O2S/c1-7-3-12-10(13-4-7)18-6-8-11-5-9(14(8)2)15(16)17/h3-5H,6H2,1-2H3. The van der Waals surface area contributed by atoms with Crippen LogP contribution in [0, 0.1) is 17.0 Å². The van der Waals surface area contributed by atoms with E-state index in [0.29, 0.717) is 16.7 Å². The van der Waals surface area contributed by atoms with Crippen LogP contribution in [0.25, 0.3) is 0 Å². The average molecular weight is 265 g/mol. The minimum absolute atomic E-state index is 0.0181. The Bertz CT molecular complexity index is 566. The molecule has 18 heavy (non-hydrogen) atoms. The summed E-state index contributed by atoms with van der Waals surface area (Å²) < 4.78 is 1.46. The van der Waals surface area contributed by atoms with Crippen molar-refractivity contribution < 1.29 is 4.92 Å². The second-order valence-corrected chi connectivity index (χ2v) is 4.62. The predicted molar refractivity (Wildman–Crippen MR) is 66.2 cm³/mol. The lowest BCUT2D eigenvalue weighted by Gasteiger charge is -1.99. The highest BCUT2D eigenvalue weighted by molar-refractivity contribution is 7.98. The van der Waals surface area contributed by atoms with E-state index in [9.17, 15) is 10.1 Å². The number of aryl methyl sites for hydroxylation is 1. The van der Waals surface area contributed by atoms with E-state index in [-0.39, 0.29) is 5.82 Å². The van der Waals surface area contributed by atoms with Gasteiger partial charge in [-0.15, -0.1) is 0 Å². The van der Waals surface area contributed by atoms with Crippen molar-refractivity contribution in [3.8, 4) is 0 Å². The van der Waals surface area contributed by atoms with Crippen LogP contribution in [0.2, 0.25) is 0 Å². The van der Waals surface area contributed by atoms with Crippen molar-refractivity contribution in [2.45, 2.75) is 17.8 Å². The molecule has 0 aliphatic rings. The van der Waals surface area contributed by atoms with Crippen molar-refractivity contribution in [2.75, 3.05) is 0 Å². The summed E-state index contributed by atoms with van der Waals surface area (Å²) in [6.45, 7) is 1.91. The first kappa shape index (κ1) is 12.5. The molecule has 0 N–H and O–H groups in total. The first-order valence-electron chi connectivity index (χ1n) is 5.14. The number of rotatable bonds is 4. The van der Waals surface area contributed by atoms with Crippen LogP contribution in [0.1, 0.15) is 11.4 Å². The van der Waals surface area contributed by atoms with Crippen LogP contribution in [0.15, 0.2) is 23.7 Å². The molecule has 94 valence electrons. The fourth-order valence-electron chi connectivity index (χ4n) is 1.33. The smallest absolute Gasteiger partial charge is 0.342 e. The molecule has 0 amide bonds. The minimum Gasteiger partial charge on any atom is -0.358 e. The average Bonchev–Trinajstić information content (AvgIpc) is 2.70. The molecule has 0 atom stereocenters. The van der Waals surface area contributed by atoms with Gasteiger partial charge in [0.2, 0.25) is 5.82 Å². The monoisotopic (exact) mass is 265 g/mol. The molecule has 7 nitrogen and oxygen atoms in total. The summed E-state index contributed by atoms with van der Waals surface area (Å²) in [7, 11) is 1.62. The highest BCUT2D eigenvalue weighted by Crippen LogP contribution is 2.20. The van der Waals surface area contributed by atoms with Gasteiger partial charge in [-0.25, -0.2) is 19.5 Å². The zero-order valence-corrected chi connectivity index (χ0v) is 10.7. The molecule has 0 saturated carbocycles. The van der Waals surface area contributed by atoms with Crippen LogP contribution in [-0.2, 0) is 12.8 Å². The Hall–Kier alpha value is -1.96. The van der Waals surface area contributed by atoms with Crippen molar-refractivity contribution in [3.05, 3.63) is 40.1 Å². The molecule has 0 fully saturated rings. The van der Waals surface area contributed by atoms with Crippen molar-refractivity contribution in [1.82, 2.24) is 19.5 Å². The van der Waals surface area contributed by atoms with Gasteiger partial charge in [-0.2, -0.15) is 0 Å². The maximum atomic E-state index is 10.7. The van der Waals surface area contributed by atoms with E-state index in [1.807, 2.05) is 6.92 Å². The van der Waals surface area contributed by atoms with E-state index >= 15 is 0 Å². The van der Waals surface area contributed by atoms with Gasteiger partial charge in [-0.1, -0.05) is 11.8 Å². The molecule has 0 aromatic carbocycles. The van der Waals surface area contributed by atoms with Gasteiger partial charge in [0.1, 0.15) is 6.20 Å². The van der Waals surface area contributed by atoms with E-state index in [2.05, 4.69) is 15.0 Å². The minimum atomic E-state index is -0.455. The van der Waals surface area contributed by atoms with Crippen LogP contribution >= 0.6 is 11.8 Å².